The van der Waals surface area contributed by atoms with E-state index in [0.29, 0.717) is 23.6 Å². The number of hydrogen-bond acceptors (Lipinski definition) is 2. The van der Waals surface area contributed by atoms with Gasteiger partial charge in [0.15, 0.2) is 5.96 Å². The molecule has 0 saturated heterocycles. The predicted molar refractivity (Wildman–Crippen MR) is 101 cm³/mol. The highest BCUT2D eigenvalue weighted by atomic mass is 16.1. The van der Waals surface area contributed by atoms with E-state index in [1.165, 1.54) is 0 Å². The molecular formula is C19H32N4O. The van der Waals surface area contributed by atoms with Crippen molar-refractivity contribution in [3.8, 4) is 0 Å². The Morgan fingerprint density at radius 1 is 1.33 bits per heavy atom. The van der Waals surface area contributed by atoms with E-state index in [1.54, 1.807) is 12.1 Å². The first-order valence-electron chi connectivity index (χ1n) is 8.65. The molecule has 1 amide bonds. The van der Waals surface area contributed by atoms with Gasteiger partial charge in [-0.2, -0.15) is 0 Å². The number of nitrogens with two attached hydrogens (primary N) is 1. The van der Waals surface area contributed by atoms with Crippen LogP contribution in [0.25, 0.3) is 0 Å². The van der Waals surface area contributed by atoms with E-state index in [1.807, 2.05) is 19.1 Å². The predicted octanol–water partition coefficient (Wildman–Crippen LogP) is 3.06. The minimum Gasteiger partial charge on any atom is -0.366 e. The smallest absolute Gasteiger partial charge is 0.248 e. The summed E-state index contributed by atoms with van der Waals surface area (Å²) >= 11 is 0. The largest absolute Gasteiger partial charge is 0.366 e. The van der Waals surface area contributed by atoms with Gasteiger partial charge in [0.2, 0.25) is 5.91 Å². The molecule has 0 spiro atoms. The van der Waals surface area contributed by atoms with Crippen molar-refractivity contribution in [1.82, 2.24) is 10.6 Å². The molecule has 0 fully saturated rings. The summed E-state index contributed by atoms with van der Waals surface area (Å²) in [5, 5.41) is 6.71. The number of nitrogens with one attached hydrogen (secondary N) is 2. The summed E-state index contributed by atoms with van der Waals surface area (Å²) in [6, 6.07) is 7.63. The molecule has 0 aliphatic rings. The highest BCUT2D eigenvalue weighted by Crippen LogP contribution is 2.21. The molecular weight excluding hydrogens is 300 g/mol. The van der Waals surface area contributed by atoms with Gasteiger partial charge in [0.05, 0.1) is 6.54 Å². The number of benzene rings is 1. The number of primary amides is 1. The topological polar surface area (TPSA) is 79.5 Å². The maximum atomic E-state index is 11.3. The normalized spacial score (nSPS) is 13.5. The molecule has 0 saturated carbocycles. The third kappa shape index (κ3) is 7.99. The van der Waals surface area contributed by atoms with Crippen LogP contribution in [0.15, 0.2) is 29.3 Å². The first-order valence-corrected chi connectivity index (χ1v) is 8.65. The highest BCUT2D eigenvalue weighted by Gasteiger charge is 2.13. The molecule has 0 bridgehead atoms. The Balaban J connectivity index is 2.68. The zero-order valence-electron chi connectivity index (χ0n) is 15.6. The van der Waals surface area contributed by atoms with Crippen molar-refractivity contribution in [3.05, 3.63) is 35.4 Å². The Morgan fingerprint density at radius 2 is 2.04 bits per heavy atom. The molecule has 1 unspecified atom stereocenters. The Bertz CT molecular complexity index is 561. The molecule has 1 atom stereocenters. The van der Waals surface area contributed by atoms with Crippen LogP contribution in [0.5, 0.6) is 0 Å². The van der Waals surface area contributed by atoms with Crippen molar-refractivity contribution in [3.63, 3.8) is 0 Å². The van der Waals surface area contributed by atoms with Crippen LogP contribution in [0, 0.1) is 5.41 Å². The fourth-order valence-electron chi connectivity index (χ4n) is 2.27. The van der Waals surface area contributed by atoms with Crippen LogP contribution in [0.4, 0.5) is 0 Å². The second-order valence-corrected chi connectivity index (χ2v) is 7.40. The summed E-state index contributed by atoms with van der Waals surface area (Å²) < 4.78 is 0. The molecule has 0 radical (unpaired) electrons. The third-order valence-electron chi connectivity index (χ3n) is 3.69. The molecule has 4 N–H and O–H groups in total. The third-order valence-corrected chi connectivity index (χ3v) is 3.69. The lowest BCUT2D eigenvalue weighted by Crippen LogP contribution is -2.42. The van der Waals surface area contributed by atoms with E-state index in [9.17, 15) is 4.79 Å². The van der Waals surface area contributed by atoms with Crippen LogP contribution in [0.2, 0.25) is 0 Å². The molecule has 0 aliphatic carbocycles. The average Bonchev–Trinajstić information content (AvgIpc) is 2.50. The zero-order chi connectivity index (χ0) is 18.2. The number of nitrogens with zero attached hydrogens (tertiary/aromatic N) is 1. The molecule has 0 aromatic heterocycles. The minimum absolute atomic E-state index is 0.334. The molecule has 1 aromatic carbocycles. The number of carbonyl (C=O) groups excluding carboxylic acids is 1. The van der Waals surface area contributed by atoms with Gasteiger partial charge in [-0.15, -0.1) is 0 Å². The lowest BCUT2D eigenvalue weighted by Gasteiger charge is -2.23. The van der Waals surface area contributed by atoms with Gasteiger partial charge >= 0.3 is 0 Å². The molecule has 1 aromatic rings. The van der Waals surface area contributed by atoms with E-state index in [2.05, 4.69) is 43.3 Å². The van der Waals surface area contributed by atoms with Crippen molar-refractivity contribution in [2.45, 2.75) is 60.0 Å². The van der Waals surface area contributed by atoms with Crippen molar-refractivity contribution >= 4 is 11.9 Å². The Morgan fingerprint density at radius 3 is 2.62 bits per heavy atom. The minimum atomic E-state index is -0.415. The summed E-state index contributed by atoms with van der Waals surface area (Å²) in [7, 11) is 0. The number of aliphatic imine (C=N–C) groups is 1. The molecule has 134 valence electrons. The molecule has 5 heteroatoms. The van der Waals surface area contributed by atoms with Crippen molar-refractivity contribution in [2.75, 3.05) is 6.54 Å². The zero-order valence-corrected chi connectivity index (χ0v) is 15.6. The SMILES string of the molecule is CCNC(=NCc1cccc(C(N)=O)c1)NC(C)CCC(C)(C)C. The summed E-state index contributed by atoms with van der Waals surface area (Å²) in [6.07, 6.45) is 2.24. The molecule has 5 nitrogen and oxygen atoms in total. The van der Waals surface area contributed by atoms with Gasteiger partial charge in [0, 0.05) is 18.2 Å². The molecule has 0 heterocycles. The van der Waals surface area contributed by atoms with Gasteiger partial charge in [-0.05, 0) is 49.8 Å². The molecule has 1 rings (SSSR count). The summed E-state index contributed by atoms with van der Waals surface area (Å²) in [6.45, 7) is 12.3. The van der Waals surface area contributed by atoms with Crippen LogP contribution in [-0.4, -0.2) is 24.5 Å². The van der Waals surface area contributed by atoms with E-state index >= 15 is 0 Å². The quantitative estimate of drug-likeness (QED) is 0.530. The number of guanidine groups is 1. The Labute approximate surface area is 146 Å². The van der Waals surface area contributed by atoms with Crippen LogP contribution in [0.1, 0.15) is 63.4 Å². The average molecular weight is 332 g/mol. The van der Waals surface area contributed by atoms with Crippen molar-refractivity contribution < 1.29 is 4.79 Å². The lowest BCUT2D eigenvalue weighted by molar-refractivity contribution is 0.1000. The number of carbonyl (C=O) groups is 1. The van der Waals surface area contributed by atoms with Crippen LogP contribution in [0.3, 0.4) is 0 Å². The van der Waals surface area contributed by atoms with Crippen molar-refractivity contribution in [1.29, 1.82) is 0 Å². The standard InChI is InChI=1S/C19H32N4O/c1-6-21-18(23-14(2)10-11-19(3,4)5)22-13-15-8-7-9-16(12-15)17(20)24/h7-9,12,14H,6,10-11,13H2,1-5H3,(H2,20,24)(H2,21,22,23). The number of rotatable bonds is 7. The summed E-state index contributed by atoms with van der Waals surface area (Å²) in [5.74, 6) is 0.380. The number of amides is 1. The maximum absolute atomic E-state index is 11.3. The first kappa shape index (κ1) is 20.0. The fraction of sp³-hybridized carbons (Fsp3) is 0.579. The van der Waals surface area contributed by atoms with E-state index in [0.717, 1.165) is 30.9 Å². The second kappa shape index (κ2) is 9.30. The monoisotopic (exact) mass is 332 g/mol. The van der Waals surface area contributed by atoms with Gasteiger partial charge in [-0.25, -0.2) is 4.99 Å². The highest BCUT2D eigenvalue weighted by molar-refractivity contribution is 5.92. The van der Waals surface area contributed by atoms with Gasteiger partial charge in [-0.3, -0.25) is 4.79 Å². The van der Waals surface area contributed by atoms with E-state index < -0.39 is 5.91 Å². The first-order chi connectivity index (χ1) is 11.2. The lowest BCUT2D eigenvalue weighted by atomic mass is 9.89. The van der Waals surface area contributed by atoms with Gasteiger partial charge in [-0.1, -0.05) is 32.9 Å². The van der Waals surface area contributed by atoms with Crippen LogP contribution >= 0.6 is 0 Å². The van der Waals surface area contributed by atoms with Crippen LogP contribution in [-0.2, 0) is 6.54 Å². The van der Waals surface area contributed by atoms with Crippen LogP contribution < -0.4 is 16.4 Å². The molecule has 24 heavy (non-hydrogen) atoms. The number of hydrogen-bond donors (Lipinski definition) is 3. The van der Waals surface area contributed by atoms with E-state index in [-0.39, 0.29) is 0 Å². The molecule has 0 aliphatic heterocycles. The van der Waals surface area contributed by atoms with Gasteiger partial charge < -0.3 is 16.4 Å². The Kier molecular flexibility index (Phi) is 7.75. The fourth-order valence-corrected chi connectivity index (χ4v) is 2.27. The second-order valence-electron chi connectivity index (χ2n) is 7.40. The Hall–Kier alpha value is -2.04. The summed E-state index contributed by atoms with van der Waals surface area (Å²) in [4.78, 5) is 15.9. The van der Waals surface area contributed by atoms with E-state index in [4.69, 9.17) is 5.73 Å². The van der Waals surface area contributed by atoms with Gasteiger partial charge in [0.25, 0.3) is 0 Å². The maximum Gasteiger partial charge on any atom is 0.248 e. The summed E-state index contributed by atoms with van der Waals surface area (Å²) in [5.41, 5.74) is 7.13. The van der Waals surface area contributed by atoms with Gasteiger partial charge in [0.1, 0.15) is 0 Å². The van der Waals surface area contributed by atoms with Crippen molar-refractivity contribution in [2.24, 2.45) is 16.1 Å².